The molecule has 0 aromatic carbocycles. The van der Waals surface area contributed by atoms with Crippen LogP contribution in [0.15, 0.2) is 0 Å². The van der Waals surface area contributed by atoms with Crippen LogP contribution in [-0.4, -0.2) is 18.6 Å². The predicted molar refractivity (Wildman–Crippen MR) is 41.3 cm³/mol. The first kappa shape index (κ1) is 6.93. The van der Waals surface area contributed by atoms with Crippen molar-refractivity contribution in [1.82, 2.24) is 0 Å². The summed E-state index contributed by atoms with van der Waals surface area (Å²) in [6.07, 6.45) is 3.01. The number of hydrogen-bond acceptors (Lipinski definition) is 1. The fraction of sp³-hybridized carbons (Fsp3) is 1.00. The van der Waals surface area contributed by atoms with Crippen LogP contribution in [0.3, 0.4) is 0 Å². The maximum atomic E-state index is 5.78. The lowest BCUT2D eigenvalue weighted by atomic mass is 9.97. The third kappa shape index (κ3) is 0.737. The average molecular weight is 161 g/mol. The van der Waals surface area contributed by atoms with Gasteiger partial charge in [-0.25, -0.2) is 0 Å². The molecule has 0 N–H and O–H groups in total. The van der Waals surface area contributed by atoms with Gasteiger partial charge in [0.25, 0.3) is 0 Å². The van der Waals surface area contributed by atoms with Crippen molar-refractivity contribution < 1.29 is 4.74 Å². The van der Waals surface area contributed by atoms with Crippen molar-refractivity contribution in [1.29, 1.82) is 0 Å². The summed E-state index contributed by atoms with van der Waals surface area (Å²) in [6, 6.07) is 0. The van der Waals surface area contributed by atoms with Crippen molar-refractivity contribution in [2.24, 2.45) is 11.3 Å². The van der Waals surface area contributed by atoms with Crippen LogP contribution in [0.1, 0.15) is 19.8 Å². The fourth-order valence-electron chi connectivity index (χ4n) is 2.21. The van der Waals surface area contributed by atoms with Crippen LogP contribution in [0.4, 0.5) is 0 Å². The van der Waals surface area contributed by atoms with Crippen molar-refractivity contribution in [3.63, 3.8) is 0 Å². The van der Waals surface area contributed by atoms with Crippen LogP contribution in [0, 0.1) is 11.3 Å². The molecule has 3 atom stereocenters. The molecule has 3 unspecified atom stereocenters. The van der Waals surface area contributed by atoms with E-state index in [0.29, 0.717) is 11.5 Å². The van der Waals surface area contributed by atoms with E-state index < -0.39 is 0 Å². The van der Waals surface area contributed by atoms with Crippen LogP contribution in [-0.2, 0) is 4.74 Å². The number of hydrogen-bond donors (Lipinski definition) is 0. The minimum absolute atomic E-state index is 0.469. The highest BCUT2D eigenvalue weighted by Crippen LogP contribution is 2.61. The summed E-state index contributed by atoms with van der Waals surface area (Å²) in [5.41, 5.74) is 0.516. The van der Waals surface area contributed by atoms with Gasteiger partial charge in [0.1, 0.15) is 0 Å². The molecule has 1 spiro atoms. The first-order valence-corrected chi connectivity index (χ1v) is 4.50. The fourth-order valence-corrected chi connectivity index (χ4v) is 2.62. The molecule has 1 aliphatic heterocycles. The van der Waals surface area contributed by atoms with Crippen LogP contribution < -0.4 is 0 Å². The SMILES string of the molecule is CC1OCCC12CC2CCl. The van der Waals surface area contributed by atoms with E-state index in [-0.39, 0.29) is 0 Å². The van der Waals surface area contributed by atoms with E-state index in [0.717, 1.165) is 18.4 Å². The summed E-state index contributed by atoms with van der Waals surface area (Å²) < 4.78 is 5.50. The van der Waals surface area contributed by atoms with Crippen molar-refractivity contribution in [3.8, 4) is 0 Å². The summed E-state index contributed by atoms with van der Waals surface area (Å²) in [4.78, 5) is 0. The van der Waals surface area contributed by atoms with Crippen molar-refractivity contribution in [3.05, 3.63) is 0 Å². The van der Waals surface area contributed by atoms with Gasteiger partial charge in [0, 0.05) is 17.9 Å². The molecular weight excluding hydrogens is 148 g/mol. The van der Waals surface area contributed by atoms with Gasteiger partial charge in [-0.05, 0) is 25.7 Å². The highest BCUT2D eigenvalue weighted by Gasteiger charge is 2.59. The molecule has 0 radical (unpaired) electrons. The third-order valence-electron chi connectivity index (χ3n) is 3.21. The van der Waals surface area contributed by atoms with Gasteiger partial charge in [-0.3, -0.25) is 0 Å². The molecule has 0 aromatic rings. The zero-order valence-corrected chi connectivity index (χ0v) is 7.03. The van der Waals surface area contributed by atoms with Crippen LogP contribution >= 0.6 is 11.6 Å². The maximum Gasteiger partial charge on any atom is 0.0607 e. The van der Waals surface area contributed by atoms with Crippen LogP contribution in [0.2, 0.25) is 0 Å². The lowest BCUT2D eigenvalue weighted by Gasteiger charge is -2.12. The Morgan fingerprint density at radius 2 is 2.50 bits per heavy atom. The molecule has 0 bridgehead atoms. The zero-order valence-electron chi connectivity index (χ0n) is 6.27. The first-order chi connectivity index (χ1) is 4.79. The van der Waals surface area contributed by atoms with E-state index in [9.17, 15) is 0 Å². The summed E-state index contributed by atoms with van der Waals surface area (Å²) in [5, 5.41) is 0. The molecule has 2 aliphatic rings. The van der Waals surface area contributed by atoms with E-state index in [4.69, 9.17) is 16.3 Å². The quantitative estimate of drug-likeness (QED) is 0.534. The Morgan fingerprint density at radius 1 is 1.70 bits per heavy atom. The number of halogens is 1. The van der Waals surface area contributed by atoms with Crippen LogP contribution in [0.5, 0.6) is 0 Å². The molecule has 1 saturated carbocycles. The molecule has 58 valence electrons. The van der Waals surface area contributed by atoms with E-state index in [1.54, 1.807) is 0 Å². The predicted octanol–water partition coefficient (Wildman–Crippen LogP) is 2.04. The highest BCUT2D eigenvalue weighted by atomic mass is 35.5. The minimum Gasteiger partial charge on any atom is -0.378 e. The Hall–Kier alpha value is 0.250. The standard InChI is InChI=1S/C8H13ClO/c1-6-8(2-3-10-6)4-7(8)5-9/h6-7H,2-5H2,1H3. The summed E-state index contributed by atoms with van der Waals surface area (Å²) in [7, 11) is 0. The smallest absolute Gasteiger partial charge is 0.0607 e. The van der Waals surface area contributed by atoms with E-state index in [1.165, 1.54) is 12.8 Å². The molecule has 2 rings (SSSR count). The topological polar surface area (TPSA) is 9.23 Å². The van der Waals surface area contributed by atoms with Gasteiger partial charge in [0.05, 0.1) is 6.10 Å². The maximum absolute atomic E-state index is 5.78. The minimum atomic E-state index is 0.469. The third-order valence-corrected chi connectivity index (χ3v) is 3.58. The van der Waals surface area contributed by atoms with Crippen molar-refractivity contribution in [2.75, 3.05) is 12.5 Å². The number of ether oxygens (including phenoxy) is 1. The lowest BCUT2D eigenvalue weighted by Crippen LogP contribution is -2.14. The lowest BCUT2D eigenvalue weighted by molar-refractivity contribution is 0.0962. The van der Waals surface area contributed by atoms with Crippen molar-refractivity contribution >= 4 is 11.6 Å². The highest BCUT2D eigenvalue weighted by molar-refractivity contribution is 6.18. The van der Waals surface area contributed by atoms with Gasteiger partial charge in [-0.2, -0.15) is 0 Å². The Bertz CT molecular complexity index is 148. The summed E-state index contributed by atoms with van der Waals surface area (Å²) in [6.45, 7) is 3.13. The zero-order chi connectivity index (χ0) is 7.19. The molecule has 2 fully saturated rings. The average Bonchev–Trinajstić information content (AvgIpc) is 2.52. The largest absolute Gasteiger partial charge is 0.378 e. The van der Waals surface area contributed by atoms with E-state index in [1.807, 2.05) is 0 Å². The Balaban J connectivity index is 2.04. The normalized spacial score (nSPS) is 52.2. The first-order valence-electron chi connectivity index (χ1n) is 3.97. The molecule has 1 nitrogen and oxygen atoms in total. The second-order valence-corrected chi connectivity index (χ2v) is 3.86. The molecular formula is C8H13ClO. The van der Waals surface area contributed by atoms with Gasteiger partial charge >= 0.3 is 0 Å². The van der Waals surface area contributed by atoms with E-state index in [2.05, 4.69) is 6.92 Å². The summed E-state index contributed by atoms with van der Waals surface area (Å²) in [5.74, 6) is 1.58. The number of alkyl halides is 1. The van der Waals surface area contributed by atoms with Gasteiger partial charge in [-0.15, -0.1) is 11.6 Å². The van der Waals surface area contributed by atoms with E-state index >= 15 is 0 Å². The van der Waals surface area contributed by atoms with Gasteiger partial charge in [-0.1, -0.05) is 0 Å². The molecule has 1 heterocycles. The van der Waals surface area contributed by atoms with Crippen molar-refractivity contribution in [2.45, 2.75) is 25.9 Å². The molecule has 10 heavy (non-hydrogen) atoms. The molecule has 0 amide bonds. The summed E-state index contributed by atoms with van der Waals surface area (Å²) >= 11 is 5.78. The Morgan fingerprint density at radius 3 is 2.90 bits per heavy atom. The molecule has 0 aromatic heterocycles. The second-order valence-electron chi connectivity index (χ2n) is 3.55. The monoisotopic (exact) mass is 160 g/mol. The second kappa shape index (κ2) is 2.12. The number of rotatable bonds is 1. The van der Waals surface area contributed by atoms with Gasteiger partial charge in [0.15, 0.2) is 0 Å². The van der Waals surface area contributed by atoms with Crippen LogP contribution in [0.25, 0.3) is 0 Å². The molecule has 1 saturated heterocycles. The molecule has 1 aliphatic carbocycles. The van der Waals surface area contributed by atoms with Gasteiger partial charge in [0.2, 0.25) is 0 Å². The van der Waals surface area contributed by atoms with Gasteiger partial charge < -0.3 is 4.74 Å². The Labute approximate surface area is 66.7 Å². The Kier molecular flexibility index (Phi) is 1.47. The molecule has 2 heteroatoms.